The molecule has 1 aliphatic rings. The van der Waals surface area contributed by atoms with E-state index in [0.29, 0.717) is 39.7 Å². The largest absolute Gasteiger partial charge is 0.392 e. The Kier molecular flexibility index (Phi) is 6.58. The van der Waals surface area contributed by atoms with Gasteiger partial charge in [0.1, 0.15) is 22.3 Å². The minimum Gasteiger partial charge on any atom is -0.392 e. The molecule has 0 bridgehead atoms. The van der Waals surface area contributed by atoms with E-state index in [0.717, 1.165) is 0 Å². The summed E-state index contributed by atoms with van der Waals surface area (Å²) in [5, 5.41) is 18.8. The van der Waals surface area contributed by atoms with Crippen molar-refractivity contribution < 1.29 is 23.2 Å². The summed E-state index contributed by atoms with van der Waals surface area (Å²) in [7, 11) is -1.59. The van der Waals surface area contributed by atoms with Gasteiger partial charge in [-0.25, -0.2) is 18.4 Å². The SMILES string of the molecule is CNc1ccc2nc(NC(=O)C(=NO[C@H](C)CO)c3ccc(S(=O)(=O)C4CC4)cc3)sc2n1. The van der Waals surface area contributed by atoms with E-state index in [9.17, 15) is 18.3 Å². The second-order valence-corrected chi connectivity index (χ2v) is 10.8. The molecule has 3 aromatic rings. The van der Waals surface area contributed by atoms with Gasteiger partial charge >= 0.3 is 0 Å². The molecule has 33 heavy (non-hydrogen) atoms. The fourth-order valence-corrected chi connectivity index (χ4v) is 5.43. The molecule has 3 N–H and O–H groups in total. The molecule has 2 heterocycles. The molecule has 1 amide bonds. The molecule has 0 radical (unpaired) electrons. The first-order valence-electron chi connectivity index (χ1n) is 10.3. The summed E-state index contributed by atoms with van der Waals surface area (Å²) < 4.78 is 24.9. The van der Waals surface area contributed by atoms with Crippen molar-refractivity contribution in [2.24, 2.45) is 5.16 Å². The Labute approximate surface area is 194 Å². The molecule has 1 saturated carbocycles. The molecule has 1 aromatic carbocycles. The molecule has 0 unspecified atom stereocenters. The highest BCUT2D eigenvalue weighted by molar-refractivity contribution is 7.92. The monoisotopic (exact) mass is 489 g/mol. The number of sulfone groups is 1. The second-order valence-electron chi connectivity index (χ2n) is 7.55. The van der Waals surface area contributed by atoms with Crippen LogP contribution in [0.4, 0.5) is 10.9 Å². The summed E-state index contributed by atoms with van der Waals surface area (Å²) in [5.41, 5.74) is 0.922. The summed E-state index contributed by atoms with van der Waals surface area (Å²) in [4.78, 5) is 27.9. The average Bonchev–Trinajstić information content (AvgIpc) is 3.60. The number of hydrogen-bond acceptors (Lipinski definition) is 10. The van der Waals surface area contributed by atoms with Gasteiger partial charge in [0.05, 0.1) is 16.8 Å². The normalized spacial score (nSPS) is 15.3. The lowest BCUT2D eigenvalue weighted by molar-refractivity contribution is -0.110. The second kappa shape index (κ2) is 9.41. The molecule has 12 heteroatoms. The zero-order valence-electron chi connectivity index (χ0n) is 18.0. The Bertz CT molecular complexity index is 1300. The van der Waals surface area contributed by atoms with Crippen LogP contribution in [0.25, 0.3) is 10.3 Å². The molecular formula is C21H23N5O5S2. The maximum Gasteiger partial charge on any atom is 0.280 e. The van der Waals surface area contributed by atoms with Crippen LogP contribution in [0.2, 0.25) is 0 Å². The number of nitrogens with zero attached hydrogens (tertiary/aromatic N) is 3. The van der Waals surface area contributed by atoms with Crippen molar-refractivity contribution in [1.29, 1.82) is 0 Å². The number of aliphatic hydroxyl groups excluding tert-OH is 1. The van der Waals surface area contributed by atoms with E-state index in [-0.39, 0.29) is 22.5 Å². The first kappa shape index (κ1) is 23.1. The van der Waals surface area contributed by atoms with E-state index in [2.05, 4.69) is 25.8 Å². The van der Waals surface area contributed by atoms with Crippen molar-refractivity contribution in [2.75, 3.05) is 24.3 Å². The number of amides is 1. The highest BCUT2D eigenvalue weighted by atomic mass is 32.2. The van der Waals surface area contributed by atoms with E-state index in [1.807, 2.05) is 0 Å². The van der Waals surface area contributed by atoms with Gasteiger partial charge in [-0.2, -0.15) is 0 Å². The van der Waals surface area contributed by atoms with Crippen LogP contribution in [0.15, 0.2) is 46.4 Å². The molecule has 0 spiro atoms. The number of carbonyl (C=O) groups excluding carboxylic acids is 1. The summed E-state index contributed by atoms with van der Waals surface area (Å²) in [6.45, 7) is 1.32. The van der Waals surface area contributed by atoms with Gasteiger partial charge in [0.15, 0.2) is 20.7 Å². The third-order valence-corrected chi connectivity index (χ3v) is 8.11. The number of pyridine rings is 1. The van der Waals surface area contributed by atoms with Gasteiger partial charge in [0, 0.05) is 12.6 Å². The lowest BCUT2D eigenvalue weighted by Crippen LogP contribution is -2.25. The smallest absolute Gasteiger partial charge is 0.280 e. The average molecular weight is 490 g/mol. The summed E-state index contributed by atoms with van der Waals surface area (Å²) >= 11 is 1.20. The van der Waals surface area contributed by atoms with Gasteiger partial charge in [0.25, 0.3) is 5.91 Å². The van der Waals surface area contributed by atoms with Crippen molar-refractivity contribution in [1.82, 2.24) is 9.97 Å². The molecule has 2 aromatic heterocycles. The minimum absolute atomic E-state index is 0.0752. The molecular weight excluding hydrogens is 466 g/mol. The van der Waals surface area contributed by atoms with E-state index in [1.54, 1.807) is 26.1 Å². The minimum atomic E-state index is -3.35. The predicted molar refractivity (Wildman–Crippen MR) is 126 cm³/mol. The lowest BCUT2D eigenvalue weighted by Gasteiger charge is -2.10. The molecule has 174 valence electrons. The van der Waals surface area contributed by atoms with Crippen molar-refractivity contribution >= 4 is 54.1 Å². The van der Waals surface area contributed by atoms with Crippen molar-refractivity contribution in [3.63, 3.8) is 0 Å². The summed E-state index contributed by atoms with van der Waals surface area (Å²) in [6.07, 6.45) is 0.701. The molecule has 0 saturated heterocycles. The number of rotatable bonds is 9. The van der Waals surface area contributed by atoms with Gasteiger partial charge in [0.2, 0.25) is 0 Å². The van der Waals surface area contributed by atoms with Crippen LogP contribution in [0.3, 0.4) is 0 Å². The molecule has 1 aliphatic carbocycles. The van der Waals surface area contributed by atoms with Gasteiger partial charge in [-0.1, -0.05) is 28.6 Å². The quantitative estimate of drug-likeness (QED) is 0.307. The first-order chi connectivity index (χ1) is 15.8. The van der Waals surface area contributed by atoms with Gasteiger partial charge in [-0.3, -0.25) is 10.1 Å². The highest BCUT2D eigenvalue weighted by Crippen LogP contribution is 2.33. The van der Waals surface area contributed by atoms with Crippen LogP contribution in [-0.2, 0) is 19.5 Å². The predicted octanol–water partition coefficient (Wildman–Crippen LogP) is 2.41. The Morgan fingerprint density at radius 3 is 2.61 bits per heavy atom. The summed E-state index contributed by atoms with van der Waals surface area (Å²) in [5.74, 6) is 0.0877. The Balaban J connectivity index is 1.60. The fraction of sp³-hybridized carbons (Fsp3) is 0.333. The Hall–Kier alpha value is -3.09. The number of benzene rings is 1. The molecule has 1 fully saturated rings. The first-order valence-corrected chi connectivity index (χ1v) is 12.6. The number of carbonyl (C=O) groups is 1. The topological polar surface area (TPSA) is 143 Å². The van der Waals surface area contributed by atoms with Crippen LogP contribution in [-0.4, -0.2) is 60.1 Å². The van der Waals surface area contributed by atoms with E-state index in [1.165, 1.54) is 35.6 Å². The number of hydrogen-bond donors (Lipinski definition) is 3. The third-order valence-electron chi connectivity index (χ3n) is 4.95. The fourth-order valence-electron chi connectivity index (χ4n) is 2.94. The van der Waals surface area contributed by atoms with Crippen molar-refractivity contribution in [2.45, 2.75) is 36.0 Å². The number of nitrogens with one attached hydrogen (secondary N) is 2. The Morgan fingerprint density at radius 1 is 1.24 bits per heavy atom. The van der Waals surface area contributed by atoms with Gasteiger partial charge in [-0.15, -0.1) is 0 Å². The maximum absolute atomic E-state index is 13.0. The molecule has 1 atom stereocenters. The number of thiazole rings is 1. The standard InChI is InChI=1S/C21H23N5O5S2/c1-12(11-27)31-26-18(13-3-5-14(6-4-13)33(29,30)15-7-8-15)19(28)25-21-23-16-9-10-17(22-2)24-20(16)32-21/h3-6,9-10,12,15,27H,7-8,11H2,1-2H3,(H,22,24)(H,23,25,28)/t12-/m1/s1. The van der Waals surface area contributed by atoms with Crippen molar-refractivity contribution in [3.8, 4) is 0 Å². The molecule has 0 aliphatic heterocycles. The zero-order chi connectivity index (χ0) is 23.6. The van der Waals surface area contributed by atoms with Gasteiger partial charge < -0.3 is 15.3 Å². The number of fused-ring (bicyclic) bond motifs is 1. The maximum atomic E-state index is 13.0. The van der Waals surface area contributed by atoms with E-state index >= 15 is 0 Å². The number of aromatic nitrogens is 2. The number of aliphatic hydroxyl groups is 1. The number of oxime groups is 1. The molecule has 4 rings (SSSR count). The van der Waals surface area contributed by atoms with Crippen LogP contribution < -0.4 is 10.6 Å². The van der Waals surface area contributed by atoms with Crippen LogP contribution >= 0.6 is 11.3 Å². The van der Waals surface area contributed by atoms with E-state index < -0.39 is 21.8 Å². The van der Waals surface area contributed by atoms with Crippen molar-refractivity contribution in [3.05, 3.63) is 42.0 Å². The van der Waals surface area contributed by atoms with Crippen LogP contribution in [0.5, 0.6) is 0 Å². The van der Waals surface area contributed by atoms with Crippen LogP contribution in [0.1, 0.15) is 25.3 Å². The zero-order valence-corrected chi connectivity index (χ0v) is 19.6. The summed E-state index contributed by atoms with van der Waals surface area (Å²) in [6, 6.07) is 9.52. The molecule has 10 nitrogen and oxygen atoms in total. The van der Waals surface area contributed by atoms with Crippen LogP contribution in [0, 0.1) is 0 Å². The van der Waals surface area contributed by atoms with Gasteiger partial charge in [-0.05, 0) is 44.0 Å². The highest BCUT2D eigenvalue weighted by Gasteiger charge is 2.36. The third kappa shape index (κ3) is 5.13. The number of anilines is 2. The van der Waals surface area contributed by atoms with E-state index in [4.69, 9.17) is 4.84 Å². The lowest BCUT2D eigenvalue weighted by atomic mass is 10.1. The Morgan fingerprint density at radius 2 is 1.97 bits per heavy atom.